The van der Waals surface area contributed by atoms with Crippen LogP contribution in [0.2, 0.25) is 0 Å². The van der Waals surface area contributed by atoms with E-state index in [4.69, 9.17) is 0 Å². The Bertz CT molecular complexity index is 1330. The van der Waals surface area contributed by atoms with E-state index in [-0.39, 0.29) is 33.7 Å². The molecule has 206 valence electrons. The molecule has 1 aliphatic carbocycles. The summed E-state index contributed by atoms with van der Waals surface area (Å²) in [6, 6.07) is 4.75. The first-order valence-corrected chi connectivity index (χ1v) is 14.4. The second kappa shape index (κ2) is 11.0. The maximum absolute atomic E-state index is 14.8. The summed E-state index contributed by atoms with van der Waals surface area (Å²) in [5, 5.41) is 2.76. The zero-order valence-electron chi connectivity index (χ0n) is 21.1. The fourth-order valence-electron chi connectivity index (χ4n) is 5.10. The number of hydrogen-bond donors (Lipinski definition) is 1. The Kier molecular flexibility index (Phi) is 8.15. The Morgan fingerprint density at radius 3 is 2.26 bits per heavy atom. The summed E-state index contributed by atoms with van der Waals surface area (Å²) in [7, 11) is -3.56. The molecule has 0 radical (unpaired) electrons. The van der Waals surface area contributed by atoms with Gasteiger partial charge in [-0.1, -0.05) is 19.9 Å². The first kappa shape index (κ1) is 28.1. The Morgan fingerprint density at radius 1 is 1.00 bits per heavy atom. The fourth-order valence-corrected chi connectivity index (χ4v) is 6.02. The molecular weight excluding hydrogens is 524 g/mol. The van der Waals surface area contributed by atoms with E-state index in [1.807, 2.05) is 6.92 Å². The summed E-state index contributed by atoms with van der Waals surface area (Å²) in [5.41, 5.74) is -1.12. The normalized spacial score (nSPS) is 20.6. The number of halogens is 4. The van der Waals surface area contributed by atoms with Gasteiger partial charge in [-0.05, 0) is 68.4 Å². The highest BCUT2D eigenvalue weighted by Gasteiger charge is 2.43. The first-order valence-electron chi connectivity index (χ1n) is 12.7. The lowest BCUT2D eigenvalue weighted by atomic mass is 9.98. The van der Waals surface area contributed by atoms with Crippen LogP contribution >= 0.6 is 0 Å². The minimum Gasteiger partial charge on any atom is -0.347 e. The Balaban J connectivity index is 1.61. The molecule has 1 aliphatic heterocycles. The van der Waals surface area contributed by atoms with Crippen molar-refractivity contribution in [2.24, 2.45) is 5.92 Å². The number of nitrogens with one attached hydrogen (secondary N) is 1. The largest absolute Gasteiger partial charge is 0.347 e. The van der Waals surface area contributed by atoms with Crippen molar-refractivity contribution in [3.05, 3.63) is 64.7 Å². The standard InChI is InChI=1S/C27H30F4N2O4S/c1-3-17-10-11-23(33(17)27(35)16-6-5-7-18(12-16)38(36,37)4-2)26(34)32-24(15-8-9-15)19-13-22(29)20(25(30)31)14-21(19)28/h5-7,12-15,17,23-25H,3-4,8-11H2,1-2H3,(H,32,34)/t17-,23-,24?/m1/s1. The number of rotatable bonds is 9. The molecular formula is C27H30F4N2O4S. The molecule has 38 heavy (non-hydrogen) atoms. The van der Waals surface area contributed by atoms with Crippen molar-refractivity contribution in [2.75, 3.05) is 5.75 Å². The molecule has 1 N–H and O–H groups in total. The van der Waals surface area contributed by atoms with E-state index in [9.17, 15) is 35.6 Å². The topological polar surface area (TPSA) is 83.6 Å². The lowest BCUT2D eigenvalue weighted by molar-refractivity contribution is -0.126. The van der Waals surface area contributed by atoms with Crippen LogP contribution in [0.3, 0.4) is 0 Å². The lowest BCUT2D eigenvalue weighted by Crippen LogP contribution is -2.49. The summed E-state index contributed by atoms with van der Waals surface area (Å²) in [6.07, 6.45) is -0.459. The second-order valence-electron chi connectivity index (χ2n) is 9.82. The van der Waals surface area contributed by atoms with Crippen LogP contribution in [0.4, 0.5) is 17.6 Å². The molecule has 1 heterocycles. The maximum atomic E-state index is 14.8. The Labute approximate surface area is 219 Å². The number of benzene rings is 2. The summed E-state index contributed by atoms with van der Waals surface area (Å²) in [5.74, 6) is -3.64. The molecule has 3 atom stereocenters. The third-order valence-electron chi connectivity index (χ3n) is 7.41. The van der Waals surface area contributed by atoms with Crippen molar-refractivity contribution in [3.8, 4) is 0 Å². The Morgan fingerprint density at radius 2 is 1.66 bits per heavy atom. The van der Waals surface area contributed by atoms with Gasteiger partial charge in [0.1, 0.15) is 17.7 Å². The molecule has 4 rings (SSSR count). The van der Waals surface area contributed by atoms with Gasteiger partial charge in [0.15, 0.2) is 9.84 Å². The minimum atomic E-state index is -3.56. The number of amides is 2. The molecule has 2 aliphatic rings. The molecule has 2 aromatic rings. The Hall–Kier alpha value is -2.95. The van der Waals surface area contributed by atoms with E-state index in [1.165, 1.54) is 36.1 Å². The van der Waals surface area contributed by atoms with Crippen LogP contribution in [0.25, 0.3) is 0 Å². The second-order valence-corrected chi connectivity index (χ2v) is 12.1. The number of alkyl halides is 2. The van der Waals surface area contributed by atoms with Gasteiger partial charge in [-0.3, -0.25) is 9.59 Å². The van der Waals surface area contributed by atoms with Crippen molar-refractivity contribution in [3.63, 3.8) is 0 Å². The number of carbonyl (C=O) groups excluding carboxylic acids is 2. The van der Waals surface area contributed by atoms with Crippen LogP contribution in [0.1, 0.15) is 79.9 Å². The van der Waals surface area contributed by atoms with Gasteiger partial charge in [0.05, 0.1) is 22.3 Å². The van der Waals surface area contributed by atoms with Crippen LogP contribution in [0, 0.1) is 17.6 Å². The fraction of sp³-hybridized carbons (Fsp3) is 0.481. The number of carbonyl (C=O) groups is 2. The lowest BCUT2D eigenvalue weighted by Gasteiger charge is -2.31. The number of nitrogens with zero attached hydrogens (tertiary/aromatic N) is 1. The molecule has 11 heteroatoms. The van der Waals surface area contributed by atoms with Crippen molar-refractivity contribution in [1.82, 2.24) is 10.2 Å². The molecule has 0 aromatic heterocycles. The molecule has 0 bridgehead atoms. The molecule has 2 fully saturated rings. The molecule has 0 spiro atoms. The monoisotopic (exact) mass is 554 g/mol. The van der Waals surface area contributed by atoms with Crippen LogP contribution in [0.15, 0.2) is 41.3 Å². The number of likely N-dealkylation sites (tertiary alicyclic amines) is 1. The zero-order valence-corrected chi connectivity index (χ0v) is 21.9. The van der Waals surface area contributed by atoms with Gasteiger partial charge >= 0.3 is 0 Å². The quantitative estimate of drug-likeness (QED) is 0.424. The van der Waals surface area contributed by atoms with Crippen molar-refractivity contribution in [1.29, 1.82) is 0 Å². The molecule has 2 amide bonds. The van der Waals surface area contributed by atoms with E-state index in [1.54, 1.807) is 0 Å². The molecule has 1 saturated heterocycles. The van der Waals surface area contributed by atoms with Crippen LogP contribution in [0.5, 0.6) is 0 Å². The molecule has 1 saturated carbocycles. The average Bonchev–Trinajstić information content (AvgIpc) is 3.65. The third kappa shape index (κ3) is 5.57. The van der Waals surface area contributed by atoms with Crippen LogP contribution in [-0.2, 0) is 14.6 Å². The third-order valence-corrected chi connectivity index (χ3v) is 9.14. The van der Waals surface area contributed by atoms with Gasteiger partial charge < -0.3 is 10.2 Å². The van der Waals surface area contributed by atoms with Gasteiger partial charge in [0.2, 0.25) is 5.91 Å². The van der Waals surface area contributed by atoms with E-state index in [0.29, 0.717) is 44.2 Å². The minimum absolute atomic E-state index is 0.0117. The highest BCUT2D eigenvalue weighted by atomic mass is 32.2. The SMILES string of the molecule is CC[C@@H]1CC[C@H](C(=O)NC(c2cc(F)c(C(F)F)cc2F)C2CC2)N1C(=O)c1cccc(S(=O)(=O)CC)c1. The van der Waals surface area contributed by atoms with Crippen LogP contribution < -0.4 is 5.32 Å². The van der Waals surface area contributed by atoms with E-state index in [0.717, 1.165) is 0 Å². The average molecular weight is 555 g/mol. The van der Waals surface area contributed by atoms with E-state index < -0.39 is 57.4 Å². The molecule has 2 aromatic carbocycles. The van der Waals surface area contributed by atoms with Crippen molar-refractivity contribution in [2.45, 2.75) is 75.4 Å². The summed E-state index contributed by atoms with van der Waals surface area (Å²) in [6.45, 7) is 3.38. The maximum Gasteiger partial charge on any atom is 0.266 e. The van der Waals surface area contributed by atoms with Gasteiger partial charge in [0.25, 0.3) is 12.3 Å². The van der Waals surface area contributed by atoms with E-state index >= 15 is 0 Å². The van der Waals surface area contributed by atoms with Gasteiger partial charge in [-0.2, -0.15) is 0 Å². The van der Waals surface area contributed by atoms with Crippen molar-refractivity contribution < 1.29 is 35.6 Å². The highest BCUT2D eigenvalue weighted by Crippen LogP contribution is 2.43. The smallest absolute Gasteiger partial charge is 0.266 e. The zero-order chi connectivity index (χ0) is 27.8. The predicted octanol–water partition coefficient (Wildman–Crippen LogP) is 5.35. The first-order chi connectivity index (χ1) is 18.0. The number of sulfone groups is 1. The summed E-state index contributed by atoms with van der Waals surface area (Å²) in [4.78, 5) is 28.5. The van der Waals surface area contributed by atoms with Crippen LogP contribution in [-0.4, -0.2) is 43.0 Å². The molecule has 6 nitrogen and oxygen atoms in total. The molecule has 1 unspecified atom stereocenters. The summed E-state index contributed by atoms with van der Waals surface area (Å²) >= 11 is 0. The van der Waals surface area contributed by atoms with E-state index in [2.05, 4.69) is 5.32 Å². The van der Waals surface area contributed by atoms with Gasteiger partial charge in [-0.15, -0.1) is 0 Å². The predicted molar refractivity (Wildman–Crippen MR) is 132 cm³/mol. The highest BCUT2D eigenvalue weighted by molar-refractivity contribution is 7.91. The van der Waals surface area contributed by atoms with Gasteiger partial charge in [-0.25, -0.2) is 26.0 Å². The summed E-state index contributed by atoms with van der Waals surface area (Å²) < 4.78 is 79.8. The van der Waals surface area contributed by atoms with Crippen molar-refractivity contribution >= 4 is 21.7 Å². The van der Waals surface area contributed by atoms with Gasteiger partial charge in [0, 0.05) is 17.2 Å². The number of hydrogen-bond acceptors (Lipinski definition) is 4.